The molecule has 3 aromatic rings. The van der Waals surface area contributed by atoms with Gasteiger partial charge in [-0.05, 0) is 49.4 Å². The monoisotopic (exact) mass is 305 g/mol. The molecule has 0 unspecified atom stereocenters. The Balaban J connectivity index is 1.93. The highest BCUT2D eigenvalue weighted by Gasteiger charge is 2.09. The van der Waals surface area contributed by atoms with E-state index in [1.807, 2.05) is 25.3 Å². The van der Waals surface area contributed by atoms with Crippen LogP contribution in [0.1, 0.15) is 21.6 Å². The molecule has 0 fully saturated rings. The molecule has 1 heterocycles. The maximum Gasteiger partial charge on any atom is 0.185 e. The van der Waals surface area contributed by atoms with Gasteiger partial charge in [-0.25, -0.2) is 0 Å². The molecule has 0 aliphatic carbocycles. The number of fused-ring (bicyclic) bond motifs is 1. The fourth-order valence-corrected chi connectivity index (χ4v) is 2.77. The van der Waals surface area contributed by atoms with E-state index in [2.05, 4.69) is 23.6 Å². The normalized spacial score (nSPS) is 11.3. The highest BCUT2D eigenvalue weighted by Crippen LogP contribution is 2.26. The summed E-state index contributed by atoms with van der Waals surface area (Å²) in [5, 5.41) is 1.16. The third-order valence-corrected chi connectivity index (χ3v) is 4.22. The molecule has 3 rings (SSSR count). The van der Waals surface area contributed by atoms with Gasteiger partial charge in [-0.1, -0.05) is 18.2 Å². The van der Waals surface area contributed by atoms with Crippen molar-refractivity contribution in [1.82, 2.24) is 4.57 Å². The summed E-state index contributed by atoms with van der Waals surface area (Å²) in [6, 6.07) is 15.4. The molecule has 3 nitrogen and oxygen atoms in total. The van der Waals surface area contributed by atoms with Crippen molar-refractivity contribution < 1.29 is 9.53 Å². The number of ketones is 1. The van der Waals surface area contributed by atoms with Gasteiger partial charge < -0.3 is 9.30 Å². The number of nitrogens with zero attached hydrogens (tertiary/aromatic N) is 1. The summed E-state index contributed by atoms with van der Waals surface area (Å²) >= 11 is 0. The number of methoxy groups -OCH3 is 1. The number of hydrogen-bond acceptors (Lipinski definition) is 2. The van der Waals surface area contributed by atoms with E-state index in [-0.39, 0.29) is 5.78 Å². The van der Waals surface area contributed by atoms with Gasteiger partial charge in [0.05, 0.1) is 7.11 Å². The van der Waals surface area contributed by atoms with Crippen LogP contribution in [0.3, 0.4) is 0 Å². The molecule has 116 valence electrons. The Kier molecular flexibility index (Phi) is 4.02. The van der Waals surface area contributed by atoms with Gasteiger partial charge in [-0.2, -0.15) is 0 Å². The molecule has 0 aliphatic heterocycles. The quantitative estimate of drug-likeness (QED) is 0.529. The predicted octanol–water partition coefficient (Wildman–Crippen LogP) is 4.39. The lowest BCUT2D eigenvalue weighted by Gasteiger charge is -2.00. The molecular formula is C20H19NO2. The van der Waals surface area contributed by atoms with Crippen LogP contribution in [0.15, 0.2) is 54.6 Å². The minimum absolute atomic E-state index is 0.0139. The van der Waals surface area contributed by atoms with Crippen molar-refractivity contribution in [1.29, 1.82) is 0 Å². The molecule has 0 atom stereocenters. The van der Waals surface area contributed by atoms with Crippen LogP contribution in [0.2, 0.25) is 0 Å². The Morgan fingerprint density at radius 1 is 1.09 bits per heavy atom. The van der Waals surface area contributed by atoms with E-state index in [4.69, 9.17) is 4.74 Å². The number of rotatable bonds is 4. The zero-order valence-corrected chi connectivity index (χ0v) is 13.5. The van der Waals surface area contributed by atoms with Gasteiger partial charge >= 0.3 is 0 Å². The van der Waals surface area contributed by atoms with Crippen LogP contribution in [0.5, 0.6) is 5.75 Å². The predicted molar refractivity (Wildman–Crippen MR) is 94.0 cm³/mol. The van der Waals surface area contributed by atoms with Crippen LogP contribution < -0.4 is 4.74 Å². The van der Waals surface area contributed by atoms with Crippen LogP contribution in [0.25, 0.3) is 17.0 Å². The van der Waals surface area contributed by atoms with E-state index in [1.165, 1.54) is 5.52 Å². The van der Waals surface area contributed by atoms with Crippen molar-refractivity contribution in [3.8, 4) is 5.75 Å². The zero-order chi connectivity index (χ0) is 16.4. The summed E-state index contributed by atoms with van der Waals surface area (Å²) in [7, 11) is 3.65. The van der Waals surface area contributed by atoms with Crippen LogP contribution in [0.4, 0.5) is 0 Å². The lowest BCUT2D eigenvalue weighted by Crippen LogP contribution is -1.94. The number of allylic oxidation sites excluding steroid dienone is 1. The van der Waals surface area contributed by atoms with Crippen molar-refractivity contribution in [2.75, 3.05) is 7.11 Å². The Labute approximate surface area is 135 Å². The molecule has 0 saturated carbocycles. The number of hydrogen-bond donors (Lipinski definition) is 0. The topological polar surface area (TPSA) is 31.2 Å². The van der Waals surface area contributed by atoms with Gasteiger partial charge in [0, 0.05) is 34.8 Å². The second kappa shape index (κ2) is 6.13. The van der Waals surface area contributed by atoms with Crippen molar-refractivity contribution >= 4 is 22.8 Å². The molecule has 0 spiro atoms. The molecule has 23 heavy (non-hydrogen) atoms. The molecular weight excluding hydrogens is 286 g/mol. The fourth-order valence-electron chi connectivity index (χ4n) is 2.77. The van der Waals surface area contributed by atoms with E-state index in [9.17, 15) is 4.79 Å². The summed E-state index contributed by atoms with van der Waals surface area (Å²) in [4.78, 5) is 12.3. The number of benzene rings is 2. The zero-order valence-electron chi connectivity index (χ0n) is 13.5. The van der Waals surface area contributed by atoms with Gasteiger partial charge in [-0.3, -0.25) is 4.79 Å². The molecule has 0 radical (unpaired) electrons. The third-order valence-electron chi connectivity index (χ3n) is 4.22. The van der Waals surface area contributed by atoms with Gasteiger partial charge in [0.2, 0.25) is 0 Å². The summed E-state index contributed by atoms with van der Waals surface area (Å²) < 4.78 is 7.26. The van der Waals surface area contributed by atoms with Gasteiger partial charge in [0.25, 0.3) is 0 Å². The van der Waals surface area contributed by atoms with E-state index in [0.717, 1.165) is 22.4 Å². The average molecular weight is 305 g/mol. The van der Waals surface area contributed by atoms with Gasteiger partial charge in [-0.15, -0.1) is 0 Å². The summed E-state index contributed by atoms with van der Waals surface area (Å²) in [5.41, 5.74) is 4.05. The van der Waals surface area contributed by atoms with Crippen LogP contribution in [-0.2, 0) is 7.05 Å². The summed E-state index contributed by atoms with van der Waals surface area (Å²) in [6.45, 7) is 2.07. The lowest BCUT2D eigenvalue weighted by atomic mass is 10.1. The van der Waals surface area contributed by atoms with E-state index in [1.54, 1.807) is 37.5 Å². The van der Waals surface area contributed by atoms with Crippen molar-refractivity contribution in [2.45, 2.75) is 6.92 Å². The first-order valence-electron chi connectivity index (χ1n) is 7.52. The molecule has 0 bridgehead atoms. The van der Waals surface area contributed by atoms with Crippen molar-refractivity contribution in [3.05, 3.63) is 71.4 Å². The Morgan fingerprint density at radius 3 is 2.48 bits per heavy atom. The highest BCUT2D eigenvalue weighted by atomic mass is 16.5. The Bertz CT molecular complexity index is 886. The van der Waals surface area contributed by atoms with E-state index >= 15 is 0 Å². The highest BCUT2D eigenvalue weighted by molar-refractivity contribution is 6.08. The van der Waals surface area contributed by atoms with Crippen LogP contribution in [0, 0.1) is 6.92 Å². The Morgan fingerprint density at radius 2 is 1.78 bits per heavy atom. The molecule has 0 aliphatic rings. The SMILES string of the molecule is COc1ccc(C(=O)/C=C/c2c(C)n(C)c3ccccc23)cc1. The first kappa shape index (κ1) is 15.1. The molecule has 0 amide bonds. The molecule has 0 saturated heterocycles. The minimum atomic E-state index is -0.0139. The number of carbonyl (C=O) groups excluding carboxylic acids is 1. The Hall–Kier alpha value is -2.81. The second-order valence-electron chi connectivity index (χ2n) is 5.50. The number of carbonyl (C=O) groups is 1. The summed E-state index contributed by atoms with van der Waals surface area (Å²) in [6.07, 6.45) is 3.54. The molecule has 0 N–H and O–H groups in total. The van der Waals surface area contributed by atoms with E-state index in [0.29, 0.717) is 5.56 Å². The molecule has 3 heteroatoms. The standard InChI is InChI=1S/C20H19NO2/c1-14-17(18-6-4-5-7-19(18)21(14)2)12-13-20(22)15-8-10-16(23-3)11-9-15/h4-13H,1-3H3/b13-12+. The van der Waals surface area contributed by atoms with E-state index < -0.39 is 0 Å². The number of aryl methyl sites for hydroxylation is 1. The first-order valence-corrected chi connectivity index (χ1v) is 7.52. The van der Waals surface area contributed by atoms with Crippen LogP contribution in [-0.4, -0.2) is 17.5 Å². The average Bonchev–Trinajstić information content (AvgIpc) is 2.84. The molecule has 1 aromatic heterocycles. The first-order chi connectivity index (χ1) is 11.1. The molecule has 2 aromatic carbocycles. The van der Waals surface area contributed by atoms with Gasteiger partial charge in [0.15, 0.2) is 5.78 Å². The van der Waals surface area contributed by atoms with Crippen molar-refractivity contribution in [3.63, 3.8) is 0 Å². The summed E-state index contributed by atoms with van der Waals surface area (Å²) in [5.74, 6) is 0.732. The number of aromatic nitrogens is 1. The smallest absolute Gasteiger partial charge is 0.185 e. The number of ether oxygens (including phenoxy) is 1. The van der Waals surface area contributed by atoms with Crippen molar-refractivity contribution in [2.24, 2.45) is 7.05 Å². The van der Waals surface area contributed by atoms with Gasteiger partial charge in [0.1, 0.15) is 5.75 Å². The maximum atomic E-state index is 12.3. The van der Waals surface area contributed by atoms with Crippen LogP contribution >= 0.6 is 0 Å². The maximum absolute atomic E-state index is 12.3. The third kappa shape index (κ3) is 2.78. The largest absolute Gasteiger partial charge is 0.497 e. The second-order valence-corrected chi connectivity index (χ2v) is 5.50. The lowest BCUT2D eigenvalue weighted by molar-refractivity contribution is 0.104. The minimum Gasteiger partial charge on any atom is -0.497 e. The number of para-hydroxylation sites is 1. The fraction of sp³-hybridized carbons (Fsp3) is 0.150.